The third-order valence-electron chi connectivity index (χ3n) is 5.98. The van der Waals surface area contributed by atoms with Crippen molar-refractivity contribution in [2.24, 2.45) is 0 Å². The molecule has 0 saturated carbocycles. The molecule has 9 nitrogen and oxygen atoms in total. The summed E-state index contributed by atoms with van der Waals surface area (Å²) in [6, 6.07) is 9.54. The van der Waals surface area contributed by atoms with Crippen LogP contribution in [0.3, 0.4) is 0 Å². The van der Waals surface area contributed by atoms with E-state index in [4.69, 9.17) is 0 Å². The van der Waals surface area contributed by atoms with E-state index in [1.54, 1.807) is 12.3 Å². The number of aryl methyl sites for hydroxylation is 1. The molecule has 1 amide bonds. The van der Waals surface area contributed by atoms with Gasteiger partial charge in [0.2, 0.25) is 10.0 Å². The Balaban J connectivity index is 1.55. The number of nitrogens with one attached hydrogen (secondary N) is 1. The summed E-state index contributed by atoms with van der Waals surface area (Å²) >= 11 is 0. The fourth-order valence-corrected chi connectivity index (χ4v) is 5.44. The van der Waals surface area contributed by atoms with Gasteiger partial charge in [0.05, 0.1) is 5.75 Å². The van der Waals surface area contributed by atoms with Gasteiger partial charge in [-0.25, -0.2) is 13.4 Å². The molecule has 0 bridgehead atoms. The van der Waals surface area contributed by atoms with Crippen molar-refractivity contribution in [1.82, 2.24) is 19.2 Å². The van der Waals surface area contributed by atoms with E-state index in [-0.39, 0.29) is 17.9 Å². The molecule has 0 unspecified atom stereocenters. The Labute approximate surface area is 201 Å². The number of nitriles is 1. The Morgan fingerprint density at radius 3 is 2.59 bits per heavy atom. The third kappa shape index (κ3) is 6.04. The zero-order valence-corrected chi connectivity index (χ0v) is 20.8. The lowest BCUT2D eigenvalue weighted by molar-refractivity contribution is -0.116. The summed E-state index contributed by atoms with van der Waals surface area (Å²) in [6.45, 7) is 8.70. The first-order valence-electron chi connectivity index (χ1n) is 11.5. The van der Waals surface area contributed by atoms with Gasteiger partial charge in [-0.2, -0.15) is 9.57 Å². The standard InChI is InChI=1S/C24H32N6O3S/c1-4-10-30-19(2)16-21(20(30)3)17-22(18-25)24(31)27-9-15-34(32,33)29-13-11-28(12-14-29)23-7-5-6-8-26-23/h5-8,16-17H,4,9-15H2,1-3H3,(H,27,31)/b22-17-. The van der Waals surface area contributed by atoms with Crippen LogP contribution in [0.5, 0.6) is 0 Å². The van der Waals surface area contributed by atoms with Gasteiger partial charge in [-0.3, -0.25) is 4.79 Å². The SMILES string of the molecule is CCCn1c(C)cc(/C=C(/C#N)C(=O)NCCS(=O)(=O)N2CCN(c3ccccn3)CC2)c1C. The second-order valence-electron chi connectivity index (χ2n) is 8.29. The molecule has 3 rings (SSSR count). The maximum Gasteiger partial charge on any atom is 0.261 e. The number of piperazine rings is 1. The molecular formula is C24H32N6O3S. The Bertz CT molecular complexity index is 1170. The van der Waals surface area contributed by atoms with Gasteiger partial charge in [0, 0.05) is 56.9 Å². The van der Waals surface area contributed by atoms with Crippen LogP contribution in [-0.2, 0) is 21.4 Å². The van der Waals surface area contributed by atoms with Crippen LogP contribution in [-0.4, -0.2) is 66.7 Å². The van der Waals surface area contributed by atoms with Crippen molar-refractivity contribution in [1.29, 1.82) is 5.26 Å². The summed E-state index contributed by atoms with van der Waals surface area (Å²) < 4.78 is 29.1. The van der Waals surface area contributed by atoms with Gasteiger partial charge < -0.3 is 14.8 Å². The van der Waals surface area contributed by atoms with E-state index >= 15 is 0 Å². The van der Waals surface area contributed by atoms with Gasteiger partial charge in [0.1, 0.15) is 17.5 Å². The molecule has 0 aliphatic carbocycles. The van der Waals surface area contributed by atoms with Crippen LogP contribution in [0.2, 0.25) is 0 Å². The van der Waals surface area contributed by atoms with E-state index in [2.05, 4.69) is 26.7 Å². The minimum atomic E-state index is -3.53. The second-order valence-corrected chi connectivity index (χ2v) is 10.4. The largest absolute Gasteiger partial charge is 0.354 e. The second kappa shape index (κ2) is 11.3. The number of hydrogen-bond donors (Lipinski definition) is 1. The number of aromatic nitrogens is 2. The van der Waals surface area contributed by atoms with E-state index in [1.165, 1.54) is 4.31 Å². The van der Waals surface area contributed by atoms with Crippen molar-refractivity contribution in [3.63, 3.8) is 0 Å². The summed E-state index contributed by atoms with van der Waals surface area (Å²) in [7, 11) is -3.53. The predicted molar refractivity (Wildman–Crippen MR) is 133 cm³/mol. The van der Waals surface area contributed by atoms with Crippen LogP contribution in [0.4, 0.5) is 5.82 Å². The zero-order chi connectivity index (χ0) is 24.7. The molecule has 34 heavy (non-hydrogen) atoms. The number of pyridine rings is 1. The number of sulfonamides is 1. The minimum absolute atomic E-state index is 0.0434. The first kappa shape index (κ1) is 25.5. The average molecular weight is 485 g/mol. The molecule has 3 heterocycles. The number of amides is 1. The van der Waals surface area contributed by atoms with Crippen LogP contribution in [0.1, 0.15) is 30.3 Å². The average Bonchev–Trinajstić information content (AvgIpc) is 3.10. The summed E-state index contributed by atoms with van der Waals surface area (Å²) in [5, 5.41) is 12.1. The van der Waals surface area contributed by atoms with E-state index in [0.717, 1.165) is 35.7 Å². The fourth-order valence-electron chi connectivity index (χ4n) is 4.10. The summed E-state index contributed by atoms with van der Waals surface area (Å²) in [5.74, 6) is 0.0440. The van der Waals surface area contributed by atoms with Crippen molar-refractivity contribution >= 4 is 27.8 Å². The Hall–Kier alpha value is -3.16. The number of anilines is 1. The Morgan fingerprint density at radius 2 is 1.97 bits per heavy atom. The number of carbonyl (C=O) groups excluding carboxylic acids is 1. The lowest BCUT2D eigenvalue weighted by atomic mass is 10.1. The van der Waals surface area contributed by atoms with Gasteiger partial charge >= 0.3 is 0 Å². The third-order valence-corrected chi connectivity index (χ3v) is 7.85. The van der Waals surface area contributed by atoms with E-state index in [1.807, 2.05) is 44.2 Å². The first-order chi connectivity index (χ1) is 16.3. The van der Waals surface area contributed by atoms with Gasteiger partial charge in [-0.1, -0.05) is 13.0 Å². The maximum atomic E-state index is 12.7. The smallest absolute Gasteiger partial charge is 0.261 e. The molecule has 1 fully saturated rings. The van der Waals surface area contributed by atoms with E-state index in [9.17, 15) is 18.5 Å². The zero-order valence-electron chi connectivity index (χ0n) is 20.0. The van der Waals surface area contributed by atoms with Crippen LogP contribution in [0.25, 0.3) is 6.08 Å². The first-order valence-corrected chi connectivity index (χ1v) is 13.1. The number of rotatable bonds is 9. The lowest BCUT2D eigenvalue weighted by Gasteiger charge is -2.34. The molecule has 1 aliphatic rings. The van der Waals surface area contributed by atoms with Gasteiger partial charge in [0.15, 0.2) is 0 Å². The quantitative estimate of drug-likeness (QED) is 0.431. The summed E-state index contributed by atoms with van der Waals surface area (Å²) in [5.41, 5.74) is 2.83. The molecule has 10 heteroatoms. The Kier molecular flexibility index (Phi) is 8.47. The fraction of sp³-hybridized carbons (Fsp3) is 0.458. The van der Waals surface area contributed by atoms with Crippen LogP contribution < -0.4 is 10.2 Å². The molecule has 0 atom stereocenters. The number of nitrogens with zero attached hydrogens (tertiary/aromatic N) is 5. The summed E-state index contributed by atoms with van der Waals surface area (Å²) in [6.07, 6.45) is 4.27. The number of carbonyl (C=O) groups is 1. The predicted octanol–water partition coefficient (Wildman–Crippen LogP) is 2.09. The molecule has 0 aromatic carbocycles. The lowest BCUT2D eigenvalue weighted by Crippen LogP contribution is -2.50. The molecule has 0 radical (unpaired) electrons. The molecule has 1 saturated heterocycles. The topological polar surface area (TPSA) is 111 Å². The van der Waals surface area contributed by atoms with Crippen molar-refractivity contribution in [2.75, 3.05) is 43.4 Å². The highest BCUT2D eigenvalue weighted by molar-refractivity contribution is 7.89. The highest BCUT2D eigenvalue weighted by Gasteiger charge is 2.27. The van der Waals surface area contributed by atoms with Crippen molar-refractivity contribution < 1.29 is 13.2 Å². The van der Waals surface area contributed by atoms with E-state index < -0.39 is 15.9 Å². The van der Waals surface area contributed by atoms with E-state index in [0.29, 0.717) is 26.2 Å². The van der Waals surface area contributed by atoms with Crippen molar-refractivity contribution in [3.8, 4) is 6.07 Å². The van der Waals surface area contributed by atoms with Crippen LogP contribution in [0.15, 0.2) is 36.0 Å². The number of hydrogen-bond acceptors (Lipinski definition) is 6. The van der Waals surface area contributed by atoms with Gasteiger partial charge in [0.25, 0.3) is 5.91 Å². The van der Waals surface area contributed by atoms with Crippen LogP contribution in [0, 0.1) is 25.2 Å². The molecule has 0 spiro atoms. The normalized spacial score (nSPS) is 15.2. The van der Waals surface area contributed by atoms with Crippen molar-refractivity contribution in [2.45, 2.75) is 33.7 Å². The maximum absolute atomic E-state index is 12.7. The molecule has 1 N–H and O–H groups in total. The minimum Gasteiger partial charge on any atom is -0.354 e. The molecule has 2 aromatic heterocycles. The molecular weight excluding hydrogens is 452 g/mol. The molecule has 1 aliphatic heterocycles. The Morgan fingerprint density at radius 1 is 1.24 bits per heavy atom. The molecule has 2 aromatic rings. The molecule has 182 valence electrons. The van der Waals surface area contributed by atoms with Crippen molar-refractivity contribution in [3.05, 3.63) is 53.0 Å². The van der Waals surface area contributed by atoms with Crippen LogP contribution >= 0.6 is 0 Å². The van der Waals surface area contributed by atoms with Gasteiger partial charge in [-0.15, -0.1) is 0 Å². The highest BCUT2D eigenvalue weighted by Crippen LogP contribution is 2.19. The summed E-state index contributed by atoms with van der Waals surface area (Å²) in [4.78, 5) is 18.9. The monoisotopic (exact) mass is 484 g/mol. The highest BCUT2D eigenvalue weighted by atomic mass is 32.2. The van der Waals surface area contributed by atoms with Gasteiger partial charge in [-0.05, 0) is 50.1 Å².